The topological polar surface area (TPSA) is 73.6 Å². The Labute approximate surface area is 110 Å². The van der Waals surface area contributed by atoms with Crippen molar-refractivity contribution in [2.75, 3.05) is 33.0 Å². The number of rotatable bonds is 12. The van der Waals surface area contributed by atoms with Gasteiger partial charge in [0, 0.05) is 12.2 Å². The molecule has 0 amide bonds. The summed E-state index contributed by atoms with van der Waals surface area (Å²) in [6.07, 6.45) is 1.71. The van der Waals surface area contributed by atoms with Crippen LogP contribution in [0, 0.1) is 5.92 Å². The van der Waals surface area contributed by atoms with E-state index in [1.165, 1.54) is 0 Å². The van der Waals surface area contributed by atoms with E-state index in [4.69, 9.17) is 15.2 Å². The van der Waals surface area contributed by atoms with Gasteiger partial charge >= 0.3 is 0 Å². The van der Waals surface area contributed by atoms with Crippen molar-refractivity contribution in [2.45, 2.75) is 26.3 Å². The molecule has 0 fully saturated rings. The fraction of sp³-hybridized carbons (Fsp3) is 0.769. The fourth-order valence-electron chi connectivity index (χ4n) is 1.46. The van der Waals surface area contributed by atoms with Crippen LogP contribution in [0.2, 0.25) is 0 Å². The lowest BCUT2D eigenvalue weighted by atomic mass is 10.0. The molecular weight excluding hydrogens is 232 g/mol. The molecule has 0 saturated carbocycles. The molecule has 0 aromatic heterocycles. The molecule has 0 spiro atoms. The lowest BCUT2D eigenvalue weighted by Crippen LogP contribution is -2.32. The van der Waals surface area contributed by atoms with E-state index in [0.29, 0.717) is 44.6 Å². The van der Waals surface area contributed by atoms with E-state index in [9.17, 15) is 4.79 Å². The summed E-state index contributed by atoms with van der Waals surface area (Å²) in [5, 5.41) is 3.05. The smallest absolute Gasteiger partial charge is 0.142 e. The third-order valence-corrected chi connectivity index (χ3v) is 2.19. The van der Waals surface area contributed by atoms with Gasteiger partial charge in [-0.25, -0.2) is 0 Å². The predicted octanol–water partition coefficient (Wildman–Crippen LogP) is 0.695. The monoisotopic (exact) mass is 258 g/mol. The van der Waals surface area contributed by atoms with Gasteiger partial charge in [-0.05, 0) is 12.3 Å². The summed E-state index contributed by atoms with van der Waals surface area (Å²) in [4.78, 5) is 10.8. The van der Waals surface area contributed by atoms with Crippen LogP contribution < -0.4 is 11.1 Å². The third kappa shape index (κ3) is 10.3. The normalized spacial score (nSPS) is 12.4. The number of carbonyl (C=O) groups is 1. The molecule has 0 saturated heterocycles. The fourth-order valence-corrected chi connectivity index (χ4v) is 1.46. The highest BCUT2D eigenvalue weighted by molar-refractivity contribution is 5.58. The molecule has 0 unspecified atom stereocenters. The summed E-state index contributed by atoms with van der Waals surface area (Å²) in [6.45, 7) is 10.4. The van der Waals surface area contributed by atoms with Gasteiger partial charge in [0.05, 0.1) is 32.5 Å². The van der Waals surface area contributed by atoms with Gasteiger partial charge in [-0.3, -0.25) is 0 Å². The van der Waals surface area contributed by atoms with Gasteiger partial charge in [0.15, 0.2) is 0 Å². The molecule has 3 N–H and O–H groups in total. The number of nitrogens with two attached hydrogens (primary N) is 1. The second-order valence-electron chi connectivity index (χ2n) is 4.57. The van der Waals surface area contributed by atoms with Crippen molar-refractivity contribution in [2.24, 2.45) is 11.7 Å². The molecule has 0 aliphatic rings. The summed E-state index contributed by atoms with van der Waals surface area (Å²) in [5.74, 6) is 0.464. The Bertz CT molecular complexity index is 232. The van der Waals surface area contributed by atoms with Gasteiger partial charge < -0.3 is 25.3 Å². The molecular formula is C13H26N2O3. The van der Waals surface area contributed by atoms with E-state index in [0.717, 1.165) is 12.7 Å². The standard InChI is InChI=1S/C13H26N2O3/c1-11(2)8-13(9-16)15-12(3)10-18-7-6-17-5-4-14/h9,11,13,15H,3-8,10,14H2,1-2H3/t13-/m0/s1. The van der Waals surface area contributed by atoms with Gasteiger partial charge in [0.2, 0.25) is 0 Å². The van der Waals surface area contributed by atoms with Crippen LogP contribution in [-0.4, -0.2) is 45.3 Å². The van der Waals surface area contributed by atoms with Crippen LogP contribution in [0.4, 0.5) is 0 Å². The van der Waals surface area contributed by atoms with Gasteiger partial charge in [-0.1, -0.05) is 20.4 Å². The maximum Gasteiger partial charge on any atom is 0.142 e. The molecule has 0 radical (unpaired) electrons. The number of nitrogens with one attached hydrogen (secondary N) is 1. The van der Waals surface area contributed by atoms with Crippen molar-refractivity contribution in [1.82, 2.24) is 5.32 Å². The van der Waals surface area contributed by atoms with Gasteiger partial charge in [-0.15, -0.1) is 0 Å². The Morgan fingerprint density at radius 3 is 2.56 bits per heavy atom. The highest BCUT2D eigenvalue weighted by Gasteiger charge is 2.09. The molecule has 0 aromatic rings. The first-order valence-electron chi connectivity index (χ1n) is 6.35. The van der Waals surface area contributed by atoms with Crippen molar-refractivity contribution in [3.8, 4) is 0 Å². The van der Waals surface area contributed by atoms with E-state index >= 15 is 0 Å². The van der Waals surface area contributed by atoms with Gasteiger partial charge in [-0.2, -0.15) is 0 Å². The van der Waals surface area contributed by atoms with E-state index < -0.39 is 0 Å². The van der Waals surface area contributed by atoms with Crippen molar-refractivity contribution in [1.29, 1.82) is 0 Å². The maximum atomic E-state index is 10.8. The second kappa shape index (κ2) is 11.2. The lowest BCUT2D eigenvalue weighted by Gasteiger charge is -2.17. The van der Waals surface area contributed by atoms with Crippen molar-refractivity contribution in [3.63, 3.8) is 0 Å². The van der Waals surface area contributed by atoms with Gasteiger partial charge in [0.25, 0.3) is 0 Å². The molecule has 18 heavy (non-hydrogen) atoms. The summed E-state index contributed by atoms with van der Waals surface area (Å²) >= 11 is 0. The predicted molar refractivity (Wildman–Crippen MR) is 72.3 cm³/mol. The van der Waals surface area contributed by atoms with Crippen LogP contribution in [0.3, 0.4) is 0 Å². The minimum absolute atomic E-state index is 0.186. The number of hydrogen-bond donors (Lipinski definition) is 2. The number of aldehydes is 1. The summed E-state index contributed by atoms with van der Waals surface area (Å²) in [6, 6.07) is -0.186. The molecule has 5 heteroatoms. The zero-order chi connectivity index (χ0) is 13.8. The Morgan fingerprint density at radius 2 is 2.00 bits per heavy atom. The second-order valence-corrected chi connectivity index (χ2v) is 4.57. The minimum atomic E-state index is -0.186. The summed E-state index contributed by atoms with van der Waals surface area (Å²) in [5.41, 5.74) is 5.99. The van der Waals surface area contributed by atoms with E-state index in [-0.39, 0.29) is 6.04 Å². The number of ether oxygens (including phenoxy) is 2. The molecule has 0 aliphatic heterocycles. The summed E-state index contributed by atoms with van der Waals surface area (Å²) < 4.78 is 10.5. The van der Waals surface area contributed by atoms with E-state index in [2.05, 4.69) is 25.7 Å². The van der Waals surface area contributed by atoms with Crippen LogP contribution in [0.1, 0.15) is 20.3 Å². The zero-order valence-corrected chi connectivity index (χ0v) is 11.5. The molecule has 0 rings (SSSR count). The summed E-state index contributed by atoms with van der Waals surface area (Å²) in [7, 11) is 0. The van der Waals surface area contributed by atoms with E-state index in [1.807, 2.05) is 0 Å². The van der Waals surface area contributed by atoms with Crippen LogP contribution in [0.15, 0.2) is 12.3 Å². The SMILES string of the molecule is C=C(COCCOCCN)N[C@H](C=O)CC(C)C. The largest absolute Gasteiger partial charge is 0.378 e. The zero-order valence-electron chi connectivity index (χ0n) is 11.5. The molecule has 1 atom stereocenters. The number of carbonyl (C=O) groups excluding carboxylic acids is 1. The third-order valence-electron chi connectivity index (χ3n) is 2.19. The van der Waals surface area contributed by atoms with Crippen molar-refractivity contribution in [3.05, 3.63) is 12.3 Å². The van der Waals surface area contributed by atoms with Crippen molar-refractivity contribution >= 4 is 6.29 Å². The van der Waals surface area contributed by atoms with E-state index in [1.54, 1.807) is 0 Å². The Morgan fingerprint density at radius 1 is 1.33 bits per heavy atom. The van der Waals surface area contributed by atoms with Gasteiger partial charge in [0.1, 0.15) is 6.29 Å². The molecule has 0 heterocycles. The highest BCUT2D eigenvalue weighted by Crippen LogP contribution is 2.04. The molecule has 0 aromatic carbocycles. The van der Waals surface area contributed by atoms with Crippen LogP contribution in [0.25, 0.3) is 0 Å². The van der Waals surface area contributed by atoms with Crippen molar-refractivity contribution < 1.29 is 14.3 Å². The number of hydrogen-bond acceptors (Lipinski definition) is 5. The van der Waals surface area contributed by atoms with Crippen LogP contribution >= 0.6 is 0 Å². The Hall–Kier alpha value is -0.910. The minimum Gasteiger partial charge on any atom is -0.378 e. The average Bonchev–Trinajstić information content (AvgIpc) is 2.32. The first-order chi connectivity index (χ1) is 8.60. The molecule has 5 nitrogen and oxygen atoms in total. The molecule has 106 valence electrons. The quantitative estimate of drug-likeness (QED) is 0.398. The first kappa shape index (κ1) is 17.1. The van der Waals surface area contributed by atoms with Crippen LogP contribution in [-0.2, 0) is 14.3 Å². The molecule has 0 aliphatic carbocycles. The lowest BCUT2D eigenvalue weighted by molar-refractivity contribution is -0.109. The average molecular weight is 258 g/mol. The Kier molecular flexibility index (Phi) is 10.6. The first-order valence-corrected chi connectivity index (χ1v) is 6.35. The van der Waals surface area contributed by atoms with Crippen LogP contribution in [0.5, 0.6) is 0 Å². The maximum absolute atomic E-state index is 10.8. The Balaban J connectivity index is 3.59. The highest BCUT2D eigenvalue weighted by atomic mass is 16.5. The molecule has 0 bridgehead atoms.